The molecule has 2 aliphatic carbocycles. The summed E-state index contributed by atoms with van der Waals surface area (Å²) in [6.07, 6.45) is 0. The average molecular weight is 574 g/mol. The van der Waals surface area contributed by atoms with Crippen molar-refractivity contribution < 1.29 is 0 Å². The molecule has 2 aliphatic rings. The number of para-hydroxylation sites is 2. The summed E-state index contributed by atoms with van der Waals surface area (Å²) in [7, 11) is 0. The number of fused-ring (bicyclic) bond motifs is 10. The van der Waals surface area contributed by atoms with Crippen LogP contribution in [-0.2, 0) is 10.8 Å². The van der Waals surface area contributed by atoms with E-state index in [4.69, 9.17) is 11.6 Å². The van der Waals surface area contributed by atoms with Gasteiger partial charge in [0.25, 0.3) is 0 Å². The first-order chi connectivity index (χ1) is 20.9. The molecule has 0 radical (unpaired) electrons. The first kappa shape index (κ1) is 26.1. The molecule has 0 saturated carbocycles. The lowest BCUT2D eigenvalue weighted by Gasteiger charge is -2.33. The largest absolute Gasteiger partial charge is 0.310 e. The van der Waals surface area contributed by atoms with Gasteiger partial charge in [-0.1, -0.05) is 123 Å². The van der Waals surface area contributed by atoms with Crippen LogP contribution in [0.5, 0.6) is 0 Å². The van der Waals surface area contributed by atoms with Crippen molar-refractivity contribution in [2.75, 3.05) is 4.90 Å². The molecular formula is C41H32ClN. The molecule has 208 valence electrons. The normalized spacial score (nSPS) is 16.0. The first-order valence-corrected chi connectivity index (χ1v) is 15.4. The quantitative estimate of drug-likeness (QED) is 0.203. The molecule has 0 amide bonds. The highest BCUT2D eigenvalue weighted by Crippen LogP contribution is 2.64. The summed E-state index contributed by atoms with van der Waals surface area (Å²) in [5.74, 6) is 0. The minimum absolute atomic E-state index is 0.0167. The third-order valence-electron chi connectivity index (χ3n) is 9.28. The molecule has 0 aromatic heterocycles. The van der Waals surface area contributed by atoms with Gasteiger partial charge in [-0.2, -0.15) is 0 Å². The van der Waals surface area contributed by atoms with E-state index >= 15 is 0 Å². The van der Waals surface area contributed by atoms with Crippen molar-refractivity contribution in [1.29, 1.82) is 0 Å². The summed E-state index contributed by atoms with van der Waals surface area (Å²) in [5.41, 5.74) is 14.6. The van der Waals surface area contributed by atoms with Gasteiger partial charge < -0.3 is 4.90 Å². The van der Waals surface area contributed by atoms with Crippen molar-refractivity contribution in [3.05, 3.63) is 172 Å². The van der Waals surface area contributed by atoms with Crippen LogP contribution in [0.25, 0.3) is 22.3 Å². The average Bonchev–Trinajstić information content (AvgIpc) is 3.48. The van der Waals surface area contributed by atoms with Gasteiger partial charge in [-0.25, -0.2) is 0 Å². The number of nitrogens with zero attached hydrogens (tertiary/aromatic N) is 1. The second-order valence-electron chi connectivity index (χ2n) is 12.7. The Hall–Kier alpha value is -4.59. The maximum atomic E-state index is 6.82. The number of hydrogen-bond donors (Lipinski definition) is 0. The highest BCUT2D eigenvalue weighted by atomic mass is 35.5. The highest BCUT2D eigenvalue weighted by Gasteiger charge is 2.52. The van der Waals surface area contributed by atoms with E-state index in [0.29, 0.717) is 0 Å². The molecular weight excluding hydrogens is 542 g/mol. The molecule has 6 aromatic carbocycles. The van der Waals surface area contributed by atoms with Crippen LogP contribution in [0.1, 0.15) is 48.6 Å². The standard InChI is InChI=1S/C41H32ClN/c1-40(2,3)27-18-21-33-34-22-19-28(42)25-38(34)41(37(33)24-27)36-17-11-10-16-32(36)35-23-20-31(26-39(35)41)43(29-12-6-4-7-13-29)30-14-8-5-9-15-30/h4-26H,1-3H3. The molecule has 0 aliphatic heterocycles. The second-order valence-corrected chi connectivity index (χ2v) is 13.2. The van der Waals surface area contributed by atoms with Crippen molar-refractivity contribution in [3.63, 3.8) is 0 Å². The maximum Gasteiger partial charge on any atom is 0.0726 e. The Labute approximate surface area is 259 Å². The molecule has 0 saturated heterocycles. The molecule has 1 unspecified atom stereocenters. The topological polar surface area (TPSA) is 3.24 Å². The molecule has 0 fully saturated rings. The van der Waals surface area contributed by atoms with Crippen molar-refractivity contribution >= 4 is 28.7 Å². The fourth-order valence-electron chi connectivity index (χ4n) is 7.35. The predicted molar refractivity (Wildman–Crippen MR) is 181 cm³/mol. The van der Waals surface area contributed by atoms with E-state index in [1.54, 1.807) is 0 Å². The van der Waals surface area contributed by atoms with Gasteiger partial charge in [-0.3, -0.25) is 0 Å². The lowest BCUT2D eigenvalue weighted by atomic mass is 9.69. The Morgan fingerprint density at radius 3 is 1.63 bits per heavy atom. The molecule has 0 N–H and O–H groups in total. The Balaban J connectivity index is 1.47. The van der Waals surface area contributed by atoms with Crippen LogP contribution >= 0.6 is 11.6 Å². The van der Waals surface area contributed by atoms with Crippen LogP contribution < -0.4 is 4.90 Å². The van der Waals surface area contributed by atoms with E-state index in [9.17, 15) is 0 Å². The lowest BCUT2D eigenvalue weighted by Crippen LogP contribution is -2.27. The lowest BCUT2D eigenvalue weighted by molar-refractivity contribution is 0.588. The molecule has 2 heteroatoms. The van der Waals surface area contributed by atoms with E-state index in [0.717, 1.165) is 22.1 Å². The number of halogens is 1. The SMILES string of the molecule is CC(C)(C)c1ccc2c(c1)C1(c3ccccc3-c3ccc(N(c4ccccc4)c4ccccc4)cc31)c1cc(Cl)ccc1-2. The summed E-state index contributed by atoms with van der Waals surface area (Å²) < 4.78 is 0. The fourth-order valence-corrected chi connectivity index (χ4v) is 7.52. The summed E-state index contributed by atoms with van der Waals surface area (Å²) in [4.78, 5) is 2.36. The molecule has 6 aromatic rings. The molecule has 43 heavy (non-hydrogen) atoms. The zero-order valence-electron chi connectivity index (χ0n) is 24.6. The number of rotatable bonds is 3. The maximum absolute atomic E-state index is 6.82. The number of anilines is 3. The van der Waals surface area contributed by atoms with Crippen molar-refractivity contribution in [1.82, 2.24) is 0 Å². The van der Waals surface area contributed by atoms with Crippen LogP contribution in [0.3, 0.4) is 0 Å². The third-order valence-corrected chi connectivity index (χ3v) is 9.52. The summed E-state index contributed by atoms with van der Waals surface area (Å²) >= 11 is 6.82. The number of benzene rings is 6. The first-order valence-electron chi connectivity index (χ1n) is 15.0. The molecule has 1 spiro atoms. The minimum atomic E-state index is -0.474. The Morgan fingerprint density at radius 1 is 0.465 bits per heavy atom. The predicted octanol–water partition coefficient (Wildman–Crippen LogP) is 11.5. The Kier molecular flexibility index (Phi) is 5.73. The molecule has 0 bridgehead atoms. The smallest absolute Gasteiger partial charge is 0.0726 e. The van der Waals surface area contributed by atoms with Crippen LogP contribution in [0.15, 0.2) is 140 Å². The number of hydrogen-bond acceptors (Lipinski definition) is 1. The van der Waals surface area contributed by atoms with E-state index in [2.05, 4.69) is 159 Å². The van der Waals surface area contributed by atoms with Gasteiger partial charge in [-0.05, 0) is 104 Å². The second kappa shape index (κ2) is 9.46. The molecule has 1 atom stereocenters. The highest BCUT2D eigenvalue weighted by molar-refractivity contribution is 6.30. The van der Waals surface area contributed by atoms with E-state index < -0.39 is 5.41 Å². The Morgan fingerprint density at radius 2 is 0.977 bits per heavy atom. The van der Waals surface area contributed by atoms with Gasteiger partial charge in [0.05, 0.1) is 5.41 Å². The zero-order valence-corrected chi connectivity index (χ0v) is 25.4. The van der Waals surface area contributed by atoms with Gasteiger partial charge in [0, 0.05) is 22.1 Å². The fraction of sp³-hybridized carbons (Fsp3) is 0.122. The summed E-state index contributed by atoms with van der Waals surface area (Å²) in [5, 5.41) is 0.763. The van der Waals surface area contributed by atoms with Crippen LogP contribution in [0.2, 0.25) is 5.02 Å². The van der Waals surface area contributed by atoms with Crippen molar-refractivity contribution in [2.45, 2.75) is 31.6 Å². The van der Waals surface area contributed by atoms with Crippen LogP contribution in [0, 0.1) is 0 Å². The van der Waals surface area contributed by atoms with Gasteiger partial charge in [-0.15, -0.1) is 0 Å². The van der Waals surface area contributed by atoms with Gasteiger partial charge in [0.1, 0.15) is 0 Å². The minimum Gasteiger partial charge on any atom is -0.310 e. The molecule has 1 nitrogen and oxygen atoms in total. The van der Waals surface area contributed by atoms with Crippen LogP contribution in [-0.4, -0.2) is 0 Å². The summed E-state index contributed by atoms with van der Waals surface area (Å²) in [6, 6.07) is 50.8. The third kappa shape index (κ3) is 3.78. The van der Waals surface area contributed by atoms with Crippen molar-refractivity contribution in [3.8, 4) is 22.3 Å². The molecule has 0 heterocycles. The van der Waals surface area contributed by atoms with Crippen LogP contribution in [0.4, 0.5) is 17.1 Å². The van der Waals surface area contributed by atoms with Gasteiger partial charge in [0.2, 0.25) is 0 Å². The van der Waals surface area contributed by atoms with Gasteiger partial charge in [0.15, 0.2) is 0 Å². The van der Waals surface area contributed by atoms with Crippen molar-refractivity contribution in [2.24, 2.45) is 0 Å². The zero-order chi connectivity index (χ0) is 29.3. The summed E-state index contributed by atoms with van der Waals surface area (Å²) in [6.45, 7) is 6.89. The van der Waals surface area contributed by atoms with Gasteiger partial charge >= 0.3 is 0 Å². The molecule has 8 rings (SSSR count). The van der Waals surface area contributed by atoms with E-state index in [1.165, 1.54) is 50.1 Å². The van der Waals surface area contributed by atoms with E-state index in [1.807, 2.05) is 6.07 Å². The monoisotopic (exact) mass is 573 g/mol. The van der Waals surface area contributed by atoms with E-state index in [-0.39, 0.29) is 5.41 Å². The Bertz CT molecular complexity index is 1980.